The van der Waals surface area contributed by atoms with E-state index in [-0.39, 0.29) is 35.7 Å². The first kappa shape index (κ1) is 23.8. The minimum absolute atomic E-state index is 0. The molecule has 0 aliphatic carbocycles. The minimum atomic E-state index is -4.71. The van der Waals surface area contributed by atoms with Gasteiger partial charge in [-0.25, -0.2) is 0 Å². The molecule has 1 unspecified atom stereocenters. The second-order valence-electron chi connectivity index (χ2n) is 4.66. The number of amides is 1. The van der Waals surface area contributed by atoms with E-state index in [1.165, 1.54) is 7.11 Å². The zero-order chi connectivity index (χ0) is 18.5. The topological polar surface area (TPSA) is 64.3 Å². The normalized spacial score (nSPS) is 13.1. The van der Waals surface area contributed by atoms with Crippen LogP contribution in [0.1, 0.15) is 5.56 Å². The number of rotatable bonds is 6. The summed E-state index contributed by atoms with van der Waals surface area (Å²) in [6, 6.07) is 0.904. The van der Waals surface area contributed by atoms with Crippen molar-refractivity contribution >= 4 is 35.8 Å². The van der Waals surface area contributed by atoms with Gasteiger partial charge in [-0.15, -0.1) is 24.2 Å². The zero-order valence-electron chi connectivity index (χ0n) is 12.7. The molecule has 0 bridgehead atoms. The molecule has 0 heterocycles. The number of nitrogens with one attached hydrogen (secondary N) is 1. The predicted molar refractivity (Wildman–Crippen MR) is 84.0 cm³/mol. The van der Waals surface area contributed by atoms with E-state index in [1.807, 2.05) is 0 Å². The first-order chi connectivity index (χ1) is 10.9. The van der Waals surface area contributed by atoms with Crippen molar-refractivity contribution in [3.05, 3.63) is 23.8 Å². The average molecular weight is 413 g/mol. The van der Waals surface area contributed by atoms with Gasteiger partial charge in [0.1, 0.15) is 6.04 Å². The van der Waals surface area contributed by atoms with E-state index in [4.69, 9.17) is 5.73 Å². The van der Waals surface area contributed by atoms with Crippen LogP contribution in [0.4, 0.5) is 32.0 Å². The largest absolute Gasteiger partial charge is 0.416 e. The highest BCUT2D eigenvalue weighted by molar-refractivity contribution is 7.99. The maximum Gasteiger partial charge on any atom is 0.416 e. The van der Waals surface area contributed by atoms with E-state index in [0.717, 1.165) is 6.07 Å². The van der Waals surface area contributed by atoms with Gasteiger partial charge < -0.3 is 15.8 Å². The van der Waals surface area contributed by atoms with E-state index >= 15 is 0 Å². The Morgan fingerprint density at radius 3 is 2.36 bits per heavy atom. The Labute approximate surface area is 149 Å². The fraction of sp³-hybridized carbons (Fsp3) is 0.462. The van der Waals surface area contributed by atoms with Gasteiger partial charge in [0, 0.05) is 12.0 Å². The van der Waals surface area contributed by atoms with Gasteiger partial charge in [0.25, 0.3) is 0 Å². The summed E-state index contributed by atoms with van der Waals surface area (Å²) in [4.78, 5) is 11.6. The van der Waals surface area contributed by atoms with Crippen molar-refractivity contribution in [2.75, 3.05) is 24.8 Å². The van der Waals surface area contributed by atoms with E-state index in [2.05, 4.69) is 10.1 Å². The lowest BCUT2D eigenvalue weighted by Gasteiger charge is -2.17. The molecule has 25 heavy (non-hydrogen) atoms. The number of ether oxygens (including phenoxy) is 1. The Morgan fingerprint density at radius 2 is 1.88 bits per heavy atom. The molecule has 0 spiro atoms. The van der Waals surface area contributed by atoms with Crippen LogP contribution in [0.25, 0.3) is 0 Å². The number of benzene rings is 1. The van der Waals surface area contributed by atoms with Crippen LogP contribution in [0.5, 0.6) is 0 Å². The molecule has 0 aliphatic rings. The smallest absolute Gasteiger partial charge is 0.383 e. The third-order valence-corrected chi connectivity index (χ3v) is 3.78. The van der Waals surface area contributed by atoms with Gasteiger partial charge in [0.05, 0.1) is 23.6 Å². The average Bonchev–Trinajstić information content (AvgIpc) is 2.44. The number of halogens is 7. The third kappa shape index (κ3) is 8.17. The maximum atomic E-state index is 12.7. The van der Waals surface area contributed by atoms with Gasteiger partial charge in [-0.3, -0.25) is 4.79 Å². The first-order valence-corrected chi connectivity index (χ1v) is 7.39. The number of anilines is 1. The summed E-state index contributed by atoms with van der Waals surface area (Å²) >= 11 is 0.261. The monoisotopic (exact) mass is 412 g/mol. The number of alkyl halides is 6. The van der Waals surface area contributed by atoms with Gasteiger partial charge >= 0.3 is 12.4 Å². The Balaban J connectivity index is 0.00000576. The van der Waals surface area contributed by atoms with Crippen molar-refractivity contribution < 1.29 is 35.9 Å². The second kappa shape index (κ2) is 9.51. The summed E-state index contributed by atoms with van der Waals surface area (Å²) in [7, 11) is 1.27. The molecule has 1 amide bonds. The lowest BCUT2D eigenvalue weighted by molar-refractivity contribution is -0.137. The lowest BCUT2D eigenvalue weighted by atomic mass is 10.2. The number of carbonyl (C=O) groups is 1. The SMILES string of the molecule is COCC(N)C(=O)Nc1cc(C(F)(F)F)ccc1SCC(F)(F)F.Cl. The molecule has 1 aromatic carbocycles. The van der Waals surface area contributed by atoms with Gasteiger partial charge in [0.2, 0.25) is 5.91 Å². The highest BCUT2D eigenvalue weighted by atomic mass is 35.5. The van der Waals surface area contributed by atoms with Crippen LogP contribution in [0.2, 0.25) is 0 Å². The fourth-order valence-corrected chi connectivity index (χ4v) is 2.32. The van der Waals surface area contributed by atoms with Gasteiger partial charge in [-0.2, -0.15) is 26.3 Å². The number of nitrogens with two attached hydrogens (primary N) is 1. The van der Waals surface area contributed by atoms with Crippen LogP contribution in [-0.4, -0.2) is 37.6 Å². The highest BCUT2D eigenvalue weighted by Crippen LogP contribution is 2.37. The van der Waals surface area contributed by atoms with E-state index < -0.39 is 41.3 Å². The molecule has 0 saturated carbocycles. The molecule has 1 aromatic rings. The number of thioether (sulfide) groups is 1. The standard InChI is InChI=1S/C13H14F6N2O2S.ClH/c1-23-5-8(20)11(22)21-9-4-7(13(17,18)19)2-3-10(9)24-6-12(14,15)16;/h2-4,8H,5-6,20H2,1H3,(H,21,22);1H. The molecular formula is C13H15ClF6N2O2S. The molecule has 0 radical (unpaired) electrons. The van der Waals surface area contributed by atoms with Crippen molar-refractivity contribution in [1.29, 1.82) is 0 Å². The van der Waals surface area contributed by atoms with E-state index in [9.17, 15) is 31.1 Å². The van der Waals surface area contributed by atoms with Crippen LogP contribution in [0.15, 0.2) is 23.1 Å². The predicted octanol–water partition coefficient (Wildman–Crippen LogP) is 3.69. The second-order valence-corrected chi connectivity index (χ2v) is 5.68. The van der Waals surface area contributed by atoms with Crippen molar-refractivity contribution in [2.24, 2.45) is 5.73 Å². The molecule has 3 N–H and O–H groups in total. The number of methoxy groups -OCH3 is 1. The highest BCUT2D eigenvalue weighted by Gasteiger charge is 2.32. The van der Waals surface area contributed by atoms with Crippen molar-refractivity contribution in [2.45, 2.75) is 23.3 Å². The number of hydrogen-bond acceptors (Lipinski definition) is 4. The van der Waals surface area contributed by atoms with Gasteiger partial charge in [-0.05, 0) is 18.2 Å². The summed E-state index contributed by atoms with van der Waals surface area (Å²) in [5.74, 6) is -2.18. The van der Waals surface area contributed by atoms with Crippen LogP contribution in [0.3, 0.4) is 0 Å². The molecule has 0 fully saturated rings. The Kier molecular flexibility index (Phi) is 9.06. The molecular weight excluding hydrogens is 398 g/mol. The Morgan fingerprint density at radius 1 is 1.28 bits per heavy atom. The van der Waals surface area contributed by atoms with Gasteiger partial charge in [0.15, 0.2) is 0 Å². The quantitative estimate of drug-likeness (QED) is 0.552. The van der Waals surface area contributed by atoms with Crippen LogP contribution in [-0.2, 0) is 15.7 Å². The molecule has 0 aromatic heterocycles. The summed E-state index contributed by atoms with van der Waals surface area (Å²) in [6.45, 7) is -0.199. The zero-order valence-corrected chi connectivity index (χ0v) is 14.3. The molecule has 1 atom stereocenters. The molecule has 4 nitrogen and oxygen atoms in total. The third-order valence-electron chi connectivity index (χ3n) is 2.64. The van der Waals surface area contributed by atoms with Crippen LogP contribution in [0, 0.1) is 0 Å². The molecule has 144 valence electrons. The lowest BCUT2D eigenvalue weighted by Crippen LogP contribution is -2.39. The Hall–Kier alpha value is -1.17. The molecule has 0 saturated heterocycles. The number of carbonyl (C=O) groups excluding carboxylic acids is 1. The summed E-state index contributed by atoms with van der Waals surface area (Å²) < 4.78 is 79.8. The van der Waals surface area contributed by atoms with Crippen LogP contribution < -0.4 is 11.1 Å². The molecule has 1 rings (SSSR count). The summed E-state index contributed by atoms with van der Waals surface area (Å²) in [5.41, 5.74) is 3.95. The van der Waals surface area contributed by atoms with E-state index in [0.29, 0.717) is 12.1 Å². The fourth-order valence-electron chi connectivity index (χ4n) is 1.57. The first-order valence-electron chi connectivity index (χ1n) is 6.40. The number of hydrogen-bond donors (Lipinski definition) is 2. The van der Waals surface area contributed by atoms with Crippen molar-refractivity contribution in [1.82, 2.24) is 0 Å². The Bertz CT molecular complexity index is 583. The van der Waals surface area contributed by atoms with Gasteiger partial charge in [-0.1, -0.05) is 0 Å². The van der Waals surface area contributed by atoms with E-state index in [1.54, 1.807) is 0 Å². The molecule has 12 heteroatoms. The maximum absolute atomic E-state index is 12.7. The molecule has 0 aliphatic heterocycles. The minimum Gasteiger partial charge on any atom is -0.383 e. The summed E-state index contributed by atoms with van der Waals surface area (Å²) in [6.07, 6.45) is -9.22. The van der Waals surface area contributed by atoms with Crippen molar-refractivity contribution in [3.63, 3.8) is 0 Å². The van der Waals surface area contributed by atoms with Crippen molar-refractivity contribution in [3.8, 4) is 0 Å². The van der Waals surface area contributed by atoms with Crippen LogP contribution >= 0.6 is 24.2 Å². The summed E-state index contributed by atoms with van der Waals surface area (Å²) in [5, 5.41) is 2.11.